The van der Waals surface area contributed by atoms with Crippen LogP contribution in [0.2, 0.25) is 0 Å². The van der Waals surface area contributed by atoms with Crippen molar-refractivity contribution in [2.45, 2.75) is 25.3 Å². The fourth-order valence-electron chi connectivity index (χ4n) is 2.13. The van der Waals surface area contributed by atoms with E-state index in [1.54, 1.807) is 7.11 Å². The van der Waals surface area contributed by atoms with Gasteiger partial charge in [-0.15, -0.1) is 0 Å². The monoisotopic (exact) mass is 298 g/mol. The summed E-state index contributed by atoms with van der Waals surface area (Å²) in [6, 6.07) is 6.58. The molecule has 1 saturated heterocycles. The van der Waals surface area contributed by atoms with Crippen molar-refractivity contribution in [2.75, 3.05) is 25.5 Å². The molecule has 1 aliphatic rings. The molecule has 0 amide bonds. The number of ether oxygens (including phenoxy) is 1. The molecule has 0 aliphatic carbocycles. The Bertz CT molecular complexity index is 362. The van der Waals surface area contributed by atoms with E-state index in [0.717, 1.165) is 29.0 Å². The molecule has 1 unspecified atom stereocenters. The summed E-state index contributed by atoms with van der Waals surface area (Å²) in [6.45, 7) is 2.23. The van der Waals surface area contributed by atoms with Gasteiger partial charge in [-0.05, 0) is 60.4 Å². The van der Waals surface area contributed by atoms with E-state index in [9.17, 15) is 0 Å². The molecule has 0 spiro atoms. The molecule has 1 heterocycles. The zero-order valence-corrected chi connectivity index (χ0v) is 11.7. The van der Waals surface area contributed by atoms with Crippen molar-refractivity contribution in [3.05, 3.63) is 22.7 Å². The maximum Gasteiger partial charge on any atom is 0.121 e. The van der Waals surface area contributed by atoms with Crippen LogP contribution in [0.1, 0.15) is 19.3 Å². The van der Waals surface area contributed by atoms with Gasteiger partial charge in [-0.25, -0.2) is 0 Å². The Hall–Kier alpha value is -0.740. The number of hydrogen-bond donors (Lipinski definition) is 2. The third kappa shape index (κ3) is 3.61. The van der Waals surface area contributed by atoms with Gasteiger partial charge in [0.15, 0.2) is 0 Å². The highest BCUT2D eigenvalue weighted by atomic mass is 79.9. The minimum absolute atomic E-state index is 0.549. The minimum Gasteiger partial charge on any atom is -0.497 e. The summed E-state index contributed by atoms with van der Waals surface area (Å²) >= 11 is 3.57. The predicted octanol–water partition coefficient (Wildman–Crippen LogP) is 3.01. The predicted molar refractivity (Wildman–Crippen MR) is 74.8 cm³/mol. The summed E-state index contributed by atoms with van der Waals surface area (Å²) in [7, 11) is 1.70. The lowest BCUT2D eigenvalue weighted by molar-refractivity contribution is 0.415. The number of halogens is 1. The van der Waals surface area contributed by atoms with Gasteiger partial charge >= 0.3 is 0 Å². The molecule has 0 bridgehead atoms. The largest absolute Gasteiger partial charge is 0.497 e. The van der Waals surface area contributed by atoms with Crippen LogP contribution in [0.4, 0.5) is 5.69 Å². The molecule has 1 fully saturated rings. The molecular weight excluding hydrogens is 280 g/mol. The van der Waals surface area contributed by atoms with Gasteiger partial charge in [-0.1, -0.05) is 0 Å². The molecule has 0 radical (unpaired) electrons. The number of rotatable bonds is 3. The van der Waals surface area contributed by atoms with Crippen molar-refractivity contribution < 1.29 is 4.74 Å². The summed E-state index contributed by atoms with van der Waals surface area (Å²) in [5, 5.41) is 7.02. The van der Waals surface area contributed by atoms with Crippen molar-refractivity contribution in [1.29, 1.82) is 0 Å². The Morgan fingerprint density at radius 3 is 3.06 bits per heavy atom. The second-order valence-electron chi connectivity index (χ2n) is 4.37. The molecule has 4 heteroatoms. The lowest BCUT2D eigenvalue weighted by Crippen LogP contribution is -2.21. The Morgan fingerprint density at radius 1 is 1.35 bits per heavy atom. The molecular formula is C13H19BrN2O. The van der Waals surface area contributed by atoms with Crippen LogP contribution in [0.3, 0.4) is 0 Å². The second-order valence-corrected chi connectivity index (χ2v) is 5.22. The molecule has 17 heavy (non-hydrogen) atoms. The standard InChI is InChI=1S/C13H19BrN2O/c1-17-11-4-5-12(14)13(9-11)16-10-3-2-7-15-8-6-10/h4-5,9-10,15-16H,2-3,6-8H2,1H3. The van der Waals surface area contributed by atoms with Crippen molar-refractivity contribution in [2.24, 2.45) is 0 Å². The molecule has 0 aromatic heterocycles. The van der Waals surface area contributed by atoms with Gasteiger partial charge in [0.05, 0.1) is 12.8 Å². The Balaban J connectivity index is 2.05. The molecule has 1 aromatic rings. The first-order valence-corrected chi connectivity index (χ1v) is 6.89. The van der Waals surface area contributed by atoms with Crippen LogP contribution >= 0.6 is 15.9 Å². The number of anilines is 1. The van der Waals surface area contributed by atoms with Crippen LogP contribution in [0.25, 0.3) is 0 Å². The van der Waals surface area contributed by atoms with Crippen LogP contribution in [-0.4, -0.2) is 26.2 Å². The van der Waals surface area contributed by atoms with Crippen molar-refractivity contribution in [1.82, 2.24) is 5.32 Å². The third-order valence-corrected chi connectivity index (χ3v) is 3.80. The Morgan fingerprint density at radius 2 is 2.24 bits per heavy atom. The van der Waals surface area contributed by atoms with Crippen molar-refractivity contribution in [3.8, 4) is 5.75 Å². The zero-order chi connectivity index (χ0) is 12.1. The van der Waals surface area contributed by atoms with Gasteiger partial charge in [0.1, 0.15) is 5.75 Å². The second kappa shape index (κ2) is 6.26. The number of benzene rings is 1. The highest BCUT2D eigenvalue weighted by Gasteiger charge is 2.13. The highest BCUT2D eigenvalue weighted by Crippen LogP contribution is 2.28. The SMILES string of the molecule is COc1ccc(Br)c(NC2CCCNCC2)c1. The van der Waals surface area contributed by atoms with E-state index in [2.05, 4.69) is 26.6 Å². The molecule has 2 rings (SSSR count). The lowest BCUT2D eigenvalue weighted by atomic mass is 10.1. The number of nitrogens with one attached hydrogen (secondary N) is 2. The topological polar surface area (TPSA) is 33.3 Å². The lowest BCUT2D eigenvalue weighted by Gasteiger charge is -2.19. The smallest absolute Gasteiger partial charge is 0.121 e. The van der Waals surface area contributed by atoms with Crippen molar-refractivity contribution >= 4 is 21.6 Å². The maximum absolute atomic E-state index is 5.25. The van der Waals surface area contributed by atoms with E-state index < -0.39 is 0 Å². The molecule has 1 aliphatic heterocycles. The van der Waals surface area contributed by atoms with Gasteiger partial charge < -0.3 is 15.4 Å². The van der Waals surface area contributed by atoms with E-state index in [1.165, 1.54) is 19.3 Å². The summed E-state index contributed by atoms with van der Waals surface area (Å²) in [5.41, 5.74) is 1.12. The highest BCUT2D eigenvalue weighted by molar-refractivity contribution is 9.10. The Labute approximate surface area is 111 Å². The fourth-order valence-corrected chi connectivity index (χ4v) is 2.49. The van der Waals surface area contributed by atoms with Gasteiger partial charge in [0.2, 0.25) is 0 Å². The van der Waals surface area contributed by atoms with Gasteiger partial charge in [-0.2, -0.15) is 0 Å². The van der Waals surface area contributed by atoms with E-state index in [4.69, 9.17) is 4.74 Å². The molecule has 3 nitrogen and oxygen atoms in total. The fraction of sp³-hybridized carbons (Fsp3) is 0.538. The molecule has 0 saturated carbocycles. The van der Waals surface area contributed by atoms with E-state index in [1.807, 2.05) is 18.2 Å². The Kier molecular flexibility index (Phi) is 4.68. The van der Waals surface area contributed by atoms with E-state index in [-0.39, 0.29) is 0 Å². The van der Waals surface area contributed by atoms with Crippen LogP contribution in [0.5, 0.6) is 5.75 Å². The van der Waals surface area contributed by atoms with Gasteiger partial charge in [0, 0.05) is 16.6 Å². The van der Waals surface area contributed by atoms with Crippen molar-refractivity contribution in [3.63, 3.8) is 0 Å². The summed E-state index contributed by atoms with van der Waals surface area (Å²) < 4.78 is 6.34. The molecule has 1 atom stereocenters. The minimum atomic E-state index is 0.549. The molecule has 2 N–H and O–H groups in total. The summed E-state index contributed by atoms with van der Waals surface area (Å²) in [6.07, 6.45) is 3.62. The maximum atomic E-state index is 5.25. The van der Waals surface area contributed by atoms with Gasteiger partial charge in [0.25, 0.3) is 0 Å². The first-order chi connectivity index (χ1) is 8.29. The summed E-state index contributed by atoms with van der Waals surface area (Å²) in [5.74, 6) is 0.891. The van der Waals surface area contributed by atoms with Gasteiger partial charge in [-0.3, -0.25) is 0 Å². The quantitative estimate of drug-likeness (QED) is 0.900. The third-order valence-electron chi connectivity index (χ3n) is 3.11. The first-order valence-electron chi connectivity index (χ1n) is 6.10. The number of methoxy groups -OCH3 is 1. The molecule has 94 valence electrons. The average Bonchev–Trinajstić information content (AvgIpc) is 2.60. The molecule has 1 aromatic carbocycles. The average molecular weight is 299 g/mol. The summed E-state index contributed by atoms with van der Waals surface area (Å²) in [4.78, 5) is 0. The number of hydrogen-bond acceptors (Lipinski definition) is 3. The van der Waals surface area contributed by atoms with E-state index in [0.29, 0.717) is 6.04 Å². The van der Waals surface area contributed by atoms with E-state index >= 15 is 0 Å². The normalized spacial score (nSPS) is 20.7. The zero-order valence-electron chi connectivity index (χ0n) is 10.1. The van der Waals surface area contributed by atoms with Crippen LogP contribution in [0, 0.1) is 0 Å². The van der Waals surface area contributed by atoms with Crippen LogP contribution in [0.15, 0.2) is 22.7 Å². The van der Waals surface area contributed by atoms with Crippen LogP contribution < -0.4 is 15.4 Å². The van der Waals surface area contributed by atoms with Crippen LogP contribution in [-0.2, 0) is 0 Å². The first kappa shape index (κ1) is 12.7.